The highest BCUT2D eigenvalue weighted by Crippen LogP contribution is 2.54. The second kappa shape index (κ2) is 38.1. The molecular formula is C145H181N3. The van der Waals surface area contributed by atoms with Crippen LogP contribution >= 0.6 is 0 Å². The van der Waals surface area contributed by atoms with E-state index in [0.717, 1.165) is 49.7 Å². The first-order valence-electron chi connectivity index (χ1n) is 56.9. The number of benzene rings is 14. The lowest BCUT2D eigenvalue weighted by atomic mass is 9.77. The van der Waals surface area contributed by atoms with Crippen LogP contribution in [0.5, 0.6) is 0 Å². The van der Waals surface area contributed by atoms with Crippen molar-refractivity contribution in [2.75, 3.05) is 0 Å². The second-order valence-electron chi connectivity index (χ2n) is 58.9. The first kappa shape index (κ1) is 105. The third-order valence-electron chi connectivity index (χ3n) is 30.8. The predicted octanol–water partition coefficient (Wildman–Crippen LogP) is 42.5. The Hall–Kier alpha value is -11.5. The summed E-state index contributed by atoms with van der Waals surface area (Å²) >= 11 is 0. The summed E-state index contributed by atoms with van der Waals surface area (Å²) in [4.78, 5) is 0. The van der Waals surface area contributed by atoms with Gasteiger partial charge in [0.25, 0.3) is 0 Å². The van der Waals surface area contributed by atoms with Crippen LogP contribution in [-0.2, 0) is 81.2 Å². The van der Waals surface area contributed by atoms with E-state index in [-0.39, 0.29) is 100.0 Å². The van der Waals surface area contributed by atoms with Gasteiger partial charge in [0.15, 0.2) is 0 Å². The van der Waals surface area contributed by atoms with Crippen molar-refractivity contribution >= 4 is 65.4 Å². The van der Waals surface area contributed by atoms with E-state index >= 15 is 0 Å². The van der Waals surface area contributed by atoms with Crippen LogP contribution in [0.3, 0.4) is 0 Å². The second-order valence-corrected chi connectivity index (χ2v) is 58.9. The van der Waals surface area contributed by atoms with E-state index in [9.17, 15) is 2.74 Å². The van der Waals surface area contributed by atoms with E-state index in [1.54, 1.807) is 6.92 Å². The predicted molar refractivity (Wildman–Crippen MR) is 655 cm³/mol. The average Bonchev–Trinajstić information content (AvgIpc) is 1.55. The zero-order valence-electron chi connectivity index (χ0n) is 104. The van der Waals surface area contributed by atoms with E-state index in [1.807, 2.05) is 6.07 Å². The van der Waals surface area contributed by atoms with Crippen molar-refractivity contribution in [3.8, 4) is 72.7 Å². The van der Waals surface area contributed by atoms with Gasteiger partial charge in [-0.1, -0.05) is 505 Å². The Balaban J connectivity index is 0.000000171. The van der Waals surface area contributed by atoms with Crippen LogP contribution in [0.4, 0.5) is 0 Å². The summed E-state index contributed by atoms with van der Waals surface area (Å²) in [6.07, 6.45) is 0. The summed E-state index contributed by atoms with van der Waals surface area (Å²) < 4.78 is 43.7. The zero-order valence-corrected chi connectivity index (χ0v) is 99.9. The van der Waals surface area contributed by atoms with Crippen molar-refractivity contribution in [2.24, 2.45) is 0 Å². The Morgan fingerprint density at radius 2 is 0.378 bits per heavy atom. The largest absolute Gasteiger partial charge is 0.309 e. The van der Waals surface area contributed by atoms with Crippen LogP contribution in [0.15, 0.2) is 261 Å². The molecule has 0 N–H and O–H groups in total. The topological polar surface area (TPSA) is 14.8 Å². The maximum absolute atomic E-state index is 9.23. The van der Waals surface area contributed by atoms with Crippen LogP contribution in [-0.4, -0.2) is 13.7 Å². The van der Waals surface area contributed by atoms with Gasteiger partial charge in [-0.15, -0.1) is 0 Å². The molecule has 0 aliphatic carbocycles. The van der Waals surface area contributed by atoms with E-state index < -0.39 is 5.41 Å². The van der Waals surface area contributed by atoms with Crippen LogP contribution in [0, 0.1) is 6.92 Å². The molecule has 776 valence electrons. The molecule has 0 radical (unpaired) electrons. The lowest BCUT2D eigenvalue weighted by molar-refractivity contribution is 0.567. The number of hydrogen-bond donors (Lipinski definition) is 0. The number of nitrogens with zero attached hydrogens (tertiary/aromatic N) is 3. The standard InChI is InChI=1S/C51H63N.C50H61N.C44H57N/c1-32-20-22-33(23-21-32)41-24-25-43-45(46(41)51(14,15)16)44-40(34-26-35(47(2,3)4)28-36(27-34)48(5,6)7)18-17-19-42(44)52(43)39-30-37(49(8,9)10)29-38(31-39)50(11,12)13;1-46(2,3)34-26-33(27-35(28-34)47(4,5)6)39-22-19-23-41-43(39)44-42(25-24-40(45(44)50(13,14)15)32-20-17-16-18-21-32)51(41)38-30-36(48(7,8)9)29-37(31-38)49(10,11)12;1-40(2,3)29-22-28(23-30(24-29)41(4,5)6)34-18-16-20-36-38(34)39-35(44(13,14)15)19-17-21-37(39)45(36)33-26-31(42(7,8)9)25-32(27-33)43(10,11)12/h17-31H,1-16H3;16-31H,1-15H3;16-27H,1-15H3/i20D,21D,22D,23D;;. The molecule has 14 aromatic carbocycles. The number of fused-ring (bicyclic) bond motifs is 9. The van der Waals surface area contributed by atoms with Crippen LogP contribution < -0.4 is 0 Å². The summed E-state index contributed by atoms with van der Waals surface area (Å²) in [6.45, 7) is 106. The molecule has 0 fully saturated rings. The minimum Gasteiger partial charge on any atom is -0.309 e. The quantitative estimate of drug-likeness (QED) is 0.144. The van der Waals surface area contributed by atoms with Gasteiger partial charge in [0.2, 0.25) is 0 Å². The molecule has 0 aliphatic heterocycles. The average molecular weight is 1970 g/mol. The molecule has 3 heterocycles. The van der Waals surface area contributed by atoms with Gasteiger partial charge < -0.3 is 13.7 Å². The van der Waals surface area contributed by atoms with Crippen molar-refractivity contribution in [1.29, 1.82) is 0 Å². The molecule has 0 saturated carbocycles. The van der Waals surface area contributed by atoms with E-state index in [2.05, 4.69) is 556 Å². The van der Waals surface area contributed by atoms with Gasteiger partial charge in [0.05, 0.1) is 38.6 Å². The highest BCUT2D eigenvalue weighted by Gasteiger charge is 2.37. The fraction of sp³-hybridized carbons (Fsp3) is 0.421. The Morgan fingerprint density at radius 3 is 0.615 bits per heavy atom. The Labute approximate surface area is 900 Å². The van der Waals surface area contributed by atoms with E-state index in [0.29, 0.717) is 11.1 Å². The zero-order chi connectivity index (χ0) is 113. The van der Waals surface area contributed by atoms with Crippen LogP contribution in [0.25, 0.3) is 138 Å². The molecule has 0 atom stereocenters. The van der Waals surface area contributed by atoms with Crippen molar-refractivity contribution in [2.45, 2.75) is 400 Å². The van der Waals surface area contributed by atoms with Crippen molar-refractivity contribution < 1.29 is 5.48 Å². The maximum atomic E-state index is 9.23. The Morgan fingerprint density at radius 1 is 0.162 bits per heavy atom. The first-order chi connectivity index (χ1) is 69.5. The van der Waals surface area contributed by atoms with Crippen molar-refractivity contribution in [1.82, 2.24) is 13.7 Å². The van der Waals surface area contributed by atoms with Gasteiger partial charge in [-0.3, -0.25) is 0 Å². The Kier molecular flexibility index (Phi) is 27.0. The van der Waals surface area contributed by atoms with Gasteiger partial charge >= 0.3 is 0 Å². The highest BCUT2D eigenvalue weighted by molar-refractivity contribution is 6.21. The molecule has 0 spiro atoms. The summed E-state index contributed by atoms with van der Waals surface area (Å²) in [5, 5.41) is 7.61. The SMILES string of the molecule is CC(C)(C)c1cc(-c2cccc3c2c2c(C(C)(C)C)c(-c4ccccc4)ccc2n3-c2cc(C(C)(C)C)cc(C(C)(C)C)c2)cc(C(C)(C)C)c1.CC(C)(C)c1cc(-c2cccc3c2c2c(C(C)(C)C)cccc2n3-c2cc(C(C)(C)C)cc(C(C)(C)C)c2)cc(C(C)(C)C)c1.[2H]c1c([2H])c(-c2ccc3c(c2C(C)(C)C)c2c(-c4cc(C(C)(C)C)cc(C(C)(C)C)c4)cccc2n3-c2cc(C(C)(C)C)cc(C(C)(C)C)c2)c([2H])c([2H])c1C. The third kappa shape index (κ3) is 22.5. The summed E-state index contributed by atoms with van der Waals surface area (Å²) in [5.41, 5.74) is 41.6. The molecule has 3 aromatic heterocycles. The monoisotopic (exact) mass is 1970 g/mol. The molecule has 0 bridgehead atoms. The third-order valence-corrected chi connectivity index (χ3v) is 30.8. The number of rotatable bonds is 8. The summed E-state index contributed by atoms with van der Waals surface area (Å²) in [6, 6.07) is 91.0. The maximum Gasteiger partial charge on any atom is 0.0629 e. The number of hydrogen-bond acceptors (Lipinski definition) is 0. The Bertz CT molecular complexity index is 7970. The number of aromatic nitrogens is 3. The fourth-order valence-corrected chi connectivity index (χ4v) is 21.5. The van der Waals surface area contributed by atoms with Crippen LogP contribution in [0.2, 0.25) is 0 Å². The molecule has 3 nitrogen and oxygen atoms in total. The summed E-state index contributed by atoms with van der Waals surface area (Å²) in [5.74, 6) is 0. The highest BCUT2D eigenvalue weighted by atomic mass is 15.0. The fourth-order valence-electron chi connectivity index (χ4n) is 21.5. The van der Waals surface area contributed by atoms with Gasteiger partial charge in [-0.05, 0) is 300 Å². The normalized spacial score (nSPS) is 13.9. The minimum atomic E-state index is -0.442. The van der Waals surface area contributed by atoms with Gasteiger partial charge in [0.1, 0.15) is 0 Å². The molecule has 148 heavy (non-hydrogen) atoms. The lowest BCUT2D eigenvalue weighted by Gasteiger charge is -2.27. The molecule has 17 rings (SSSR count). The lowest BCUT2D eigenvalue weighted by Crippen LogP contribution is -2.17. The van der Waals surface area contributed by atoms with Gasteiger partial charge in [-0.25, -0.2) is 0 Å². The van der Waals surface area contributed by atoms with Gasteiger partial charge in [0, 0.05) is 49.4 Å². The molecule has 0 saturated heterocycles. The van der Waals surface area contributed by atoms with Gasteiger partial charge in [-0.2, -0.15) is 0 Å². The molecule has 0 amide bonds. The molecule has 0 aliphatic rings. The van der Waals surface area contributed by atoms with E-state index in [1.165, 1.54) is 166 Å². The molecule has 17 aromatic rings. The smallest absolute Gasteiger partial charge is 0.0629 e. The van der Waals surface area contributed by atoms with Crippen molar-refractivity contribution in [3.63, 3.8) is 0 Å². The van der Waals surface area contributed by atoms with Crippen LogP contribution in [0.1, 0.15) is 406 Å². The molecule has 0 unspecified atom stereocenters. The minimum absolute atomic E-state index is 0.00212. The summed E-state index contributed by atoms with van der Waals surface area (Å²) in [7, 11) is 0. The van der Waals surface area contributed by atoms with E-state index in [4.69, 9.17) is 2.74 Å². The van der Waals surface area contributed by atoms with Crippen molar-refractivity contribution in [3.05, 3.63) is 350 Å². The molecule has 3 heteroatoms. The first-order valence-corrected chi connectivity index (χ1v) is 54.9. The molecular weight excluding hydrogens is 1780 g/mol.